The molecule has 0 unspecified atom stereocenters. The van der Waals surface area contributed by atoms with E-state index in [0.717, 1.165) is 0 Å². The van der Waals surface area contributed by atoms with Crippen molar-refractivity contribution in [2.45, 2.75) is 20.8 Å². The fourth-order valence-corrected chi connectivity index (χ4v) is 2.79. The largest absolute Gasteiger partial charge is 0.144 e. The van der Waals surface area contributed by atoms with Crippen LogP contribution in [0.5, 0.6) is 0 Å². The van der Waals surface area contributed by atoms with E-state index in [1.165, 1.54) is 26.8 Å². The maximum Gasteiger partial charge on any atom is 0.0378 e. The van der Waals surface area contributed by atoms with Crippen molar-refractivity contribution in [2.24, 2.45) is 0 Å². The average molecular weight is 202 g/mol. The van der Waals surface area contributed by atoms with Crippen LogP contribution in [0.1, 0.15) is 23.6 Å². The Labute approximate surface area is 88.9 Å². The van der Waals surface area contributed by atoms with Crippen molar-refractivity contribution in [3.05, 3.63) is 40.3 Å². The van der Waals surface area contributed by atoms with Crippen LogP contribution in [0, 0.1) is 13.8 Å². The third-order valence-corrected chi connectivity index (χ3v) is 3.55. The molecule has 0 amide bonds. The highest BCUT2D eigenvalue weighted by Crippen LogP contribution is 2.30. The summed E-state index contributed by atoms with van der Waals surface area (Å²) in [7, 11) is 0. The minimum Gasteiger partial charge on any atom is -0.144 e. The molecule has 0 aliphatic rings. The van der Waals surface area contributed by atoms with Crippen molar-refractivity contribution in [3.8, 4) is 0 Å². The average Bonchev–Trinajstić information content (AvgIpc) is 2.60. The Morgan fingerprint density at radius 2 is 2.00 bits per heavy atom. The van der Waals surface area contributed by atoms with Gasteiger partial charge in [-0.1, -0.05) is 18.2 Å². The van der Waals surface area contributed by atoms with Gasteiger partial charge in [-0.2, -0.15) is 0 Å². The minimum atomic E-state index is 1.37. The molecule has 1 heterocycles. The molecule has 0 N–H and O–H groups in total. The first kappa shape index (κ1) is 9.47. The number of rotatable bonds is 1. The predicted octanol–water partition coefficient (Wildman–Crippen LogP) is 4.55. The molecule has 0 aliphatic carbocycles. The molecule has 2 aromatic rings. The topological polar surface area (TPSA) is 0 Å². The van der Waals surface area contributed by atoms with Gasteiger partial charge in [0.1, 0.15) is 0 Å². The molecule has 72 valence electrons. The second-order valence-electron chi connectivity index (χ2n) is 3.59. The standard InChI is InChI=1S/C13H14S/c1-4-5-11-9(2)8-10(3)13-12(11)6-7-14-13/h4-8H,1-3H3/b5-4-. The Morgan fingerprint density at radius 3 is 2.71 bits per heavy atom. The molecule has 0 spiro atoms. The molecule has 1 aromatic heterocycles. The first-order valence-electron chi connectivity index (χ1n) is 4.84. The smallest absolute Gasteiger partial charge is 0.0378 e. The normalized spacial score (nSPS) is 11.6. The number of hydrogen-bond donors (Lipinski definition) is 0. The van der Waals surface area contributed by atoms with E-state index in [9.17, 15) is 0 Å². The summed E-state index contributed by atoms with van der Waals surface area (Å²) in [6.07, 6.45) is 4.30. The van der Waals surface area contributed by atoms with E-state index in [1.54, 1.807) is 0 Å². The minimum absolute atomic E-state index is 1.37. The zero-order valence-corrected chi connectivity index (χ0v) is 9.61. The van der Waals surface area contributed by atoms with Gasteiger partial charge in [-0.25, -0.2) is 0 Å². The molecule has 14 heavy (non-hydrogen) atoms. The van der Waals surface area contributed by atoms with Gasteiger partial charge in [0.15, 0.2) is 0 Å². The van der Waals surface area contributed by atoms with E-state index in [2.05, 4.69) is 50.4 Å². The molecule has 0 aliphatic heterocycles. The van der Waals surface area contributed by atoms with Gasteiger partial charge in [-0.15, -0.1) is 11.3 Å². The van der Waals surface area contributed by atoms with E-state index in [0.29, 0.717) is 0 Å². The highest BCUT2D eigenvalue weighted by Gasteiger charge is 2.05. The molecular weight excluding hydrogens is 188 g/mol. The molecule has 1 heteroatoms. The van der Waals surface area contributed by atoms with Gasteiger partial charge in [0.05, 0.1) is 0 Å². The summed E-state index contributed by atoms with van der Waals surface area (Å²) in [5.74, 6) is 0. The Balaban J connectivity index is 2.86. The first-order valence-corrected chi connectivity index (χ1v) is 5.72. The quantitative estimate of drug-likeness (QED) is 0.636. The lowest BCUT2D eigenvalue weighted by atomic mass is 10.0. The number of thiophene rings is 1. The van der Waals surface area contributed by atoms with E-state index in [1.807, 2.05) is 11.3 Å². The first-order chi connectivity index (χ1) is 6.74. The lowest BCUT2D eigenvalue weighted by molar-refractivity contribution is 1.42. The number of allylic oxidation sites excluding steroid dienone is 1. The van der Waals surface area contributed by atoms with Crippen LogP contribution in [0.4, 0.5) is 0 Å². The second kappa shape index (κ2) is 3.58. The molecule has 0 bridgehead atoms. The fraction of sp³-hybridized carbons (Fsp3) is 0.231. The van der Waals surface area contributed by atoms with Gasteiger partial charge in [-0.3, -0.25) is 0 Å². The van der Waals surface area contributed by atoms with Crippen molar-refractivity contribution < 1.29 is 0 Å². The van der Waals surface area contributed by atoms with Crippen LogP contribution >= 0.6 is 11.3 Å². The maximum atomic E-state index is 2.27. The van der Waals surface area contributed by atoms with Gasteiger partial charge >= 0.3 is 0 Å². The zero-order chi connectivity index (χ0) is 10.1. The Hall–Kier alpha value is -1.08. The third-order valence-electron chi connectivity index (χ3n) is 2.50. The monoisotopic (exact) mass is 202 g/mol. The van der Waals surface area contributed by atoms with Crippen LogP contribution in [0.3, 0.4) is 0 Å². The fourth-order valence-electron chi connectivity index (χ4n) is 1.90. The van der Waals surface area contributed by atoms with Gasteiger partial charge in [-0.05, 0) is 48.9 Å². The van der Waals surface area contributed by atoms with Crippen molar-refractivity contribution in [1.29, 1.82) is 0 Å². The second-order valence-corrected chi connectivity index (χ2v) is 4.50. The van der Waals surface area contributed by atoms with Crippen molar-refractivity contribution >= 4 is 27.5 Å². The summed E-state index contributed by atoms with van der Waals surface area (Å²) in [6, 6.07) is 4.49. The third kappa shape index (κ3) is 1.38. The van der Waals surface area contributed by atoms with Gasteiger partial charge in [0, 0.05) is 10.1 Å². The van der Waals surface area contributed by atoms with Gasteiger partial charge < -0.3 is 0 Å². The number of aryl methyl sites for hydroxylation is 2. The Bertz CT molecular complexity index is 489. The molecule has 1 aromatic carbocycles. The van der Waals surface area contributed by atoms with Crippen LogP contribution in [-0.2, 0) is 0 Å². The lowest BCUT2D eigenvalue weighted by Gasteiger charge is -2.05. The van der Waals surface area contributed by atoms with Crippen LogP contribution in [0.15, 0.2) is 23.6 Å². The maximum absolute atomic E-state index is 2.27. The lowest BCUT2D eigenvalue weighted by Crippen LogP contribution is -1.84. The molecular formula is C13H14S. The molecule has 0 fully saturated rings. The van der Waals surface area contributed by atoms with Crippen LogP contribution in [-0.4, -0.2) is 0 Å². The number of benzene rings is 1. The van der Waals surface area contributed by atoms with Crippen LogP contribution < -0.4 is 0 Å². The van der Waals surface area contributed by atoms with Crippen molar-refractivity contribution in [2.75, 3.05) is 0 Å². The summed E-state index contributed by atoms with van der Waals surface area (Å²) in [5, 5.41) is 3.56. The zero-order valence-electron chi connectivity index (χ0n) is 8.79. The summed E-state index contributed by atoms with van der Waals surface area (Å²) < 4.78 is 1.42. The van der Waals surface area contributed by atoms with Crippen molar-refractivity contribution in [3.63, 3.8) is 0 Å². The number of hydrogen-bond acceptors (Lipinski definition) is 1. The van der Waals surface area contributed by atoms with Crippen LogP contribution in [0.2, 0.25) is 0 Å². The number of fused-ring (bicyclic) bond motifs is 1. The van der Waals surface area contributed by atoms with E-state index >= 15 is 0 Å². The molecule has 0 atom stereocenters. The highest BCUT2D eigenvalue weighted by atomic mass is 32.1. The highest BCUT2D eigenvalue weighted by molar-refractivity contribution is 7.17. The van der Waals surface area contributed by atoms with Gasteiger partial charge in [0.2, 0.25) is 0 Å². The Kier molecular flexibility index (Phi) is 2.42. The summed E-state index contributed by atoms with van der Waals surface area (Å²) in [4.78, 5) is 0. The Morgan fingerprint density at radius 1 is 1.21 bits per heavy atom. The van der Waals surface area contributed by atoms with Crippen LogP contribution in [0.25, 0.3) is 16.2 Å². The SMILES string of the molecule is C/C=C\c1c(C)cc(C)c2sccc12. The van der Waals surface area contributed by atoms with Crippen molar-refractivity contribution in [1.82, 2.24) is 0 Å². The van der Waals surface area contributed by atoms with Gasteiger partial charge in [0.25, 0.3) is 0 Å². The summed E-state index contributed by atoms with van der Waals surface area (Å²) >= 11 is 1.83. The molecule has 0 saturated heterocycles. The molecule has 0 saturated carbocycles. The molecule has 0 nitrogen and oxygen atoms in total. The molecule has 2 rings (SSSR count). The van der Waals surface area contributed by atoms with E-state index < -0.39 is 0 Å². The summed E-state index contributed by atoms with van der Waals surface area (Å²) in [5.41, 5.74) is 4.13. The van der Waals surface area contributed by atoms with E-state index in [-0.39, 0.29) is 0 Å². The van der Waals surface area contributed by atoms with E-state index in [4.69, 9.17) is 0 Å². The molecule has 0 radical (unpaired) electrons. The summed E-state index contributed by atoms with van der Waals surface area (Å²) in [6.45, 7) is 6.43. The predicted molar refractivity (Wildman–Crippen MR) is 66.0 cm³/mol.